The Hall–Kier alpha value is 0.700. The fourth-order valence-electron chi connectivity index (χ4n) is 0.616. The van der Waals surface area contributed by atoms with E-state index >= 15 is 0 Å². The van der Waals surface area contributed by atoms with Crippen LogP contribution in [0.25, 0.3) is 0 Å². The normalized spacial score (nSPS) is 13.7. The molecule has 0 radical (unpaired) electrons. The lowest BCUT2D eigenvalue weighted by atomic mass is 10.6. The minimum atomic E-state index is 0.847. The summed E-state index contributed by atoms with van der Waals surface area (Å²) in [6, 6.07) is 0. The van der Waals surface area contributed by atoms with Crippen LogP contribution in [-0.2, 0) is 0 Å². The molecule has 0 aromatic rings. The number of rotatable bonds is 5. The predicted octanol–water partition coefficient (Wildman–Crippen LogP) is 2.88. The molecule has 0 amide bonds. The van der Waals surface area contributed by atoms with E-state index in [0.717, 1.165) is 5.25 Å². The Labute approximate surface area is 67.2 Å². The number of hydrogen-bond donors (Lipinski definition) is 0. The van der Waals surface area contributed by atoms with Gasteiger partial charge >= 0.3 is 0 Å². The van der Waals surface area contributed by atoms with Gasteiger partial charge in [0.25, 0.3) is 0 Å². The van der Waals surface area contributed by atoms with E-state index in [0.29, 0.717) is 0 Å². The lowest BCUT2D eigenvalue weighted by Gasteiger charge is -2.06. The van der Waals surface area contributed by atoms with Gasteiger partial charge in [0, 0.05) is 11.0 Å². The molecule has 0 aromatic heterocycles. The fourth-order valence-corrected chi connectivity index (χ4v) is 2.43. The first-order chi connectivity index (χ1) is 4.31. The molecule has 0 saturated heterocycles. The van der Waals surface area contributed by atoms with E-state index in [1.165, 1.54) is 17.3 Å². The molecule has 56 valence electrons. The molecule has 0 rings (SSSR count). The van der Waals surface area contributed by atoms with Crippen LogP contribution in [0.15, 0.2) is 0 Å². The van der Waals surface area contributed by atoms with Gasteiger partial charge in [0.05, 0.1) is 0 Å². The largest absolute Gasteiger partial charge is 0.161 e. The van der Waals surface area contributed by atoms with Crippen LogP contribution < -0.4 is 0 Å². The highest BCUT2D eigenvalue weighted by Gasteiger charge is 1.98. The first kappa shape index (κ1) is 9.70. The Balaban J connectivity index is 2.95. The Morgan fingerprint density at radius 3 is 2.33 bits per heavy atom. The van der Waals surface area contributed by atoms with Crippen molar-refractivity contribution in [2.75, 3.05) is 17.3 Å². The third-order valence-electron chi connectivity index (χ3n) is 1.01. The highest BCUT2D eigenvalue weighted by molar-refractivity contribution is 8.03. The van der Waals surface area contributed by atoms with Crippen molar-refractivity contribution >= 4 is 23.5 Å². The molecule has 0 fully saturated rings. The highest BCUT2D eigenvalue weighted by atomic mass is 32.2. The summed E-state index contributed by atoms with van der Waals surface area (Å²) in [4.78, 5) is 0. The molecule has 0 saturated carbocycles. The van der Waals surface area contributed by atoms with Crippen LogP contribution in [0.4, 0.5) is 0 Å². The molecule has 0 nitrogen and oxygen atoms in total. The molecule has 1 unspecified atom stereocenters. The van der Waals surface area contributed by atoms with Crippen molar-refractivity contribution < 1.29 is 0 Å². The van der Waals surface area contributed by atoms with Crippen molar-refractivity contribution in [2.24, 2.45) is 0 Å². The second-order valence-electron chi connectivity index (χ2n) is 1.93. The predicted molar refractivity (Wildman–Crippen MR) is 50.6 cm³/mol. The van der Waals surface area contributed by atoms with Crippen LogP contribution in [0.5, 0.6) is 0 Å². The fraction of sp³-hybridized carbons (Fsp3) is 1.00. The lowest BCUT2D eigenvalue weighted by molar-refractivity contribution is 1.13. The van der Waals surface area contributed by atoms with E-state index < -0.39 is 0 Å². The van der Waals surface area contributed by atoms with Crippen molar-refractivity contribution in [3.05, 3.63) is 0 Å². The molecule has 0 bridgehead atoms. The zero-order valence-corrected chi connectivity index (χ0v) is 8.15. The third kappa shape index (κ3) is 6.59. The summed E-state index contributed by atoms with van der Waals surface area (Å²) in [7, 11) is 0. The summed E-state index contributed by atoms with van der Waals surface area (Å²) < 4.78 is 0. The van der Waals surface area contributed by atoms with Crippen molar-refractivity contribution in [1.29, 1.82) is 0 Å². The van der Waals surface area contributed by atoms with Gasteiger partial charge in [-0.15, -0.1) is 0 Å². The lowest BCUT2D eigenvalue weighted by Crippen LogP contribution is -1.99. The molecule has 0 aliphatic heterocycles. The van der Waals surface area contributed by atoms with Crippen LogP contribution in [-0.4, -0.2) is 22.5 Å². The van der Waals surface area contributed by atoms with Crippen LogP contribution in [0, 0.1) is 0 Å². The summed E-state index contributed by atoms with van der Waals surface area (Å²) in [5, 5.41) is 0.847. The second-order valence-corrected chi connectivity index (χ2v) is 4.96. The van der Waals surface area contributed by atoms with Gasteiger partial charge in [-0.25, -0.2) is 0 Å². The number of hydrogen-bond acceptors (Lipinski definition) is 2. The molecule has 0 N–H and O–H groups in total. The van der Waals surface area contributed by atoms with Crippen LogP contribution in [0.3, 0.4) is 0 Å². The van der Waals surface area contributed by atoms with Crippen molar-refractivity contribution in [2.45, 2.75) is 26.0 Å². The highest BCUT2D eigenvalue weighted by Crippen LogP contribution is 2.14. The molecular weight excluding hydrogens is 148 g/mol. The van der Waals surface area contributed by atoms with E-state index in [-0.39, 0.29) is 0 Å². The maximum Gasteiger partial charge on any atom is 0.0109 e. The Bertz CT molecular complexity index is 54.9. The smallest absolute Gasteiger partial charge is 0.0109 e. The standard InChI is InChI=1S/C7H16S2/c1-4-8-6-7(3)9-5-2/h7H,4-6H2,1-3H3. The molecule has 0 aliphatic carbocycles. The molecule has 1 atom stereocenters. The van der Waals surface area contributed by atoms with Crippen molar-refractivity contribution in [3.63, 3.8) is 0 Å². The first-order valence-electron chi connectivity index (χ1n) is 3.50. The summed E-state index contributed by atoms with van der Waals surface area (Å²) in [6.07, 6.45) is 0. The second kappa shape index (κ2) is 6.81. The Kier molecular flexibility index (Phi) is 7.34. The van der Waals surface area contributed by atoms with E-state index in [1.807, 2.05) is 11.8 Å². The van der Waals surface area contributed by atoms with Gasteiger partial charge in [-0.3, -0.25) is 0 Å². The van der Waals surface area contributed by atoms with Gasteiger partial charge in [-0.05, 0) is 11.5 Å². The Morgan fingerprint density at radius 2 is 1.89 bits per heavy atom. The van der Waals surface area contributed by atoms with Gasteiger partial charge in [0.1, 0.15) is 0 Å². The average Bonchev–Trinajstić information content (AvgIpc) is 1.85. The third-order valence-corrected chi connectivity index (χ3v) is 3.43. The van der Waals surface area contributed by atoms with Gasteiger partial charge in [0.15, 0.2) is 0 Å². The molecular formula is C7H16S2. The molecule has 2 heteroatoms. The summed E-state index contributed by atoms with van der Waals surface area (Å²) in [6.45, 7) is 6.74. The van der Waals surface area contributed by atoms with Crippen LogP contribution in [0.2, 0.25) is 0 Å². The van der Waals surface area contributed by atoms with Crippen LogP contribution in [0.1, 0.15) is 20.8 Å². The minimum Gasteiger partial charge on any atom is -0.161 e. The molecule has 9 heavy (non-hydrogen) atoms. The summed E-state index contributed by atoms with van der Waals surface area (Å²) >= 11 is 4.09. The SMILES string of the molecule is CCSCC(C)SCC. The molecule has 0 aliphatic rings. The zero-order chi connectivity index (χ0) is 7.11. The number of thioether (sulfide) groups is 2. The van der Waals surface area contributed by atoms with Crippen molar-refractivity contribution in [1.82, 2.24) is 0 Å². The average molecular weight is 164 g/mol. The van der Waals surface area contributed by atoms with Gasteiger partial charge in [-0.2, -0.15) is 23.5 Å². The van der Waals surface area contributed by atoms with E-state index in [2.05, 4.69) is 32.5 Å². The van der Waals surface area contributed by atoms with Crippen molar-refractivity contribution in [3.8, 4) is 0 Å². The van der Waals surface area contributed by atoms with Gasteiger partial charge in [0.2, 0.25) is 0 Å². The first-order valence-corrected chi connectivity index (χ1v) is 5.70. The van der Waals surface area contributed by atoms with E-state index in [4.69, 9.17) is 0 Å². The molecule has 0 heterocycles. The van der Waals surface area contributed by atoms with Crippen LogP contribution >= 0.6 is 23.5 Å². The Morgan fingerprint density at radius 1 is 1.22 bits per heavy atom. The quantitative estimate of drug-likeness (QED) is 0.613. The van der Waals surface area contributed by atoms with Gasteiger partial charge in [-0.1, -0.05) is 20.8 Å². The minimum absolute atomic E-state index is 0.847. The van der Waals surface area contributed by atoms with E-state index in [9.17, 15) is 0 Å². The topological polar surface area (TPSA) is 0 Å². The van der Waals surface area contributed by atoms with Gasteiger partial charge < -0.3 is 0 Å². The summed E-state index contributed by atoms with van der Waals surface area (Å²) in [5.74, 6) is 3.83. The maximum atomic E-state index is 2.30. The monoisotopic (exact) mass is 164 g/mol. The summed E-state index contributed by atoms with van der Waals surface area (Å²) in [5.41, 5.74) is 0. The maximum absolute atomic E-state index is 2.30. The van der Waals surface area contributed by atoms with E-state index in [1.54, 1.807) is 0 Å². The molecule has 0 spiro atoms. The zero-order valence-electron chi connectivity index (χ0n) is 6.52. The molecule has 0 aromatic carbocycles.